The Morgan fingerprint density at radius 3 is 2.59 bits per heavy atom. The summed E-state index contributed by atoms with van der Waals surface area (Å²) in [5, 5.41) is 2.86. The van der Waals surface area contributed by atoms with E-state index in [0.717, 1.165) is 38.6 Å². The van der Waals surface area contributed by atoms with Gasteiger partial charge < -0.3 is 10.1 Å². The largest absolute Gasteiger partial charge is 0.380 e. The van der Waals surface area contributed by atoms with Gasteiger partial charge in [-0.2, -0.15) is 0 Å². The van der Waals surface area contributed by atoms with E-state index in [1.54, 1.807) is 0 Å². The molecule has 1 saturated carbocycles. The summed E-state index contributed by atoms with van der Waals surface area (Å²) < 4.78 is 30.5. The normalized spacial score (nSPS) is 31.8. The van der Waals surface area contributed by atoms with Crippen LogP contribution in [-0.4, -0.2) is 44.7 Å². The summed E-state index contributed by atoms with van der Waals surface area (Å²) in [4.78, 5) is 0. The fourth-order valence-electron chi connectivity index (χ4n) is 3.00. The Balaban J connectivity index is 2.11. The van der Waals surface area contributed by atoms with Gasteiger partial charge in [-0.1, -0.05) is 19.8 Å². The molecule has 1 aliphatic carbocycles. The second kappa shape index (κ2) is 5.67. The van der Waals surface area contributed by atoms with Crippen LogP contribution in [0.1, 0.15) is 39.0 Å². The molecule has 0 spiro atoms. The Labute approximate surface area is 104 Å². The van der Waals surface area contributed by atoms with Gasteiger partial charge in [0, 0.05) is 12.6 Å². The van der Waals surface area contributed by atoms with Gasteiger partial charge >= 0.3 is 0 Å². The maximum absolute atomic E-state index is 12.6. The third-order valence-corrected chi connectivity index (χ3v) is 6.67. The molecule has 2 aliphatic rings. The minimum Gasteiger partial charge on any atom is -0.380 e. The van der Waals surface area contributed by atoms with Crippen LogP contribution in [0.15, 0.2) is 0 Å². The van der Waals surface area contributed by atoms with Crippen LogP contribution in [0.2, 0.25) is 0 Å². The van der Waals surface area contributed by atoms with Crippen molar-refractivity contribution in [2.75, 3.05) is 19.8 Å². The third-order valence-electron chi connectivity index (χ3n) is 3.96. The van der Waals surface area contributed by atoms with Gasteiger partial charge in [0.2, 0.25) is 0 Å². The molecule has 1 aliphatic heterocycles. The first-order valence-electron chi connectivity index (χ1n) is 6.70. The summed E-state index contributed by atoms with van der Waals surface area (Å²) in [6.07, 6.45) is 4.62. The van der Waals surface area contributed by atoms with Gasteiger partial charge in [0.05, 0.1) is 11.9 Å². The first kappa shape index (κ1) is 13.3. The molecule has 0 bridgehead atoms. The van der Waals surface area contributed by atoms with Crippen LogP contribution in [0, 0.1) is 0 Å². The highest BCUT2D eigenvalue weighted by molar-refractivity contribution is 7.92. The Bertz CT molecular complexity index is 334. The molecule has 0 aromatic rings. The van der Waals surface area contributed by atoms with E-state index in [0.29, 0.717) is 13.2 Å². The van der Waals surface area contributed by atoms with Gasteiger partial charge in [-0.25, -0.2) is 8.42 Å². The highest BCUT2D eigenvalue weighted by Crippen LogP contribution is 2.30. The summed E-state index contributed by atoms with van der Waals surface area (Å²) in [6, 6.07) is 0.0827. The summed E-state index contributed by atoms with van der Waals surface area (Å²) >= 11 is 0. The molecule has 2 fully saturated rings. The van der Waals surface area contributed by atoms with Gasteiger partial charge in [-0.15, -0.1) is 0 Å². The number of nitrogens with one attached hydrogen (secondary N) is 1. The molecule has 2 atom stereocenters. The Hall–Kier alpha value is -0.130. The molecule has 0 radical (unpaired) electrons. The van der Waals surface area contributed by atoms with Crippen LogP contribution >= 0.6 is 0 Å². The van der Waals surface area contributed by atoms with E-state index in [1.807, 2.05) is 6.92 Å². The van der Waals surface area contributed by atoms with Crippen LogP contribution in [0.25, 0.3) is 0 Å². The van der Waals surface area contributed by atoms with E-state index in [-0.39, 0.29) is 16.5 Å². The molecule has 100 valence electrons. The molecule has 2 unspecified atom stereocenters. The number of rotatable bonds is 4. The molecule has 17 heavy (non-hydrogen) atoms. The third kappa shape index (κ3) is 2.83. The molecule has 1 heterocycles. The molecular weight excluding hydrogens is 238 g/mol. The van der Waals surface area contributed by atoms with E-state index in [2.05, 4.69) is 5.32 Å². The van der Waals surface area contributed by atoms with Crippen molar-refractivity contribution in [2.45, 2.75) is 55.6 Å². The minimum absolute atomic E-state index is 0.0827. The van der Waals surface area contributed by atoms with Crippen LogP contribution < -0.4 is 5.32 Å². The van der Waals surface area contributed by atoms with E-state index >= 15 is 0 Å². The lowest BCUT2D eigenvalue weighted by Gasteiger charge is -2.33. The summed E-state index contributed by atoms with van der Waals surface area (Å²) in [5.74, 6) is 0. The maximum atomic E-state index is 12.6. The van der Waals surface area contributed by atoms with Crippen LogP contribution in [0.3, 0.4) is 0 Å². The molecule has 1 saturated heterocycles. The van der Waals surface area contributed by atoms with E-state index in [9.17, 15) is 8.42 Å². The van der Waals surface area contributed by atoms with Crippen molar-refractivity contribution in [1.82, 2.24) is 5.32 Å². The average molecular weight is 261 g/mol. The second-order valence-electron chi connectivity index (χ2n) is 5.06. The highest BCUT2D eigenvalue weighted by Gasteiger charge is 2.41. The standard InChI is InChI=1S/C12H23NO3S/c1-2-13-11-7-8-16-9-12(11)17(14,15)10-5-3-4-6-10/h10-13H,2-9H2,1H3. The van der Waals surface area contributed by atoms with Gasteiger partial charge in [0.1, 0.15) is 5.25 Å². The van der Waals surface area contributed by atoms with Gasteiger partial charge in [-0.05, 0) is 25.8 Å². The molecule has 0 aromatic heterocycles. The van der Waals surface area contributed by atoms with Crippen molar-refractivity contribution in [3.63, 3.8) is 0 Å². The summed E-state index contributed by atoms with van der Waals surface area (Å²) in [7, 11) is -3.02. The highest BCUT2D eigenvalue weighted by atomic mass is 32.2. The van der Waals surface area contributed by atoms with Crippen LogP contribution in [0.5, 0.6) is 0 Å². The molecule has 1 N–H and O–H groups in total. The lowest BCUT2D eigenvalue weighted by molar-refractivity contribution is 0.0809. The van der Waals surface area contributed by atoms with Crippen molar-refractivity contribution in [3.8, 4) is 0 Å². The minimum atomic E-state index is -3.02. The molecule has 0 aromatic carbocycles. The van der Waals surface area contributed by atoms with E-state index in [4.69, 9.17) is 4.74 Å². The molecular formula is C12H23NO3S. The van der Waals surface area contributed by atoms with Crippen molar-refractivity contribution in [3.05, 3.63) is 0 Å². The first-order valence-corrected chi connectivity index (χ1v) is 8.31. The zero-order chi connectivity index (χ0) is 12.3. The monoisotopic (exact) mass is 261 g/mol. The molecule has 5 heteroatoms. The average Bonchev–Trinajstić information content (AvgIpc) is 2.84. The fourth-order valence-corrected chi connectivity index (χ4v) is 5.46. The van der Waals surface area contributed by atoms with Crippen molar-refractivity contribution >= 4 is 9.84 Å². The van der Waals surface area contributed by atoms with E-state index < -0.39 is 9.84 Å². The number of ether oxygens (including phenoxy) is 1. The van der Waals surface area contributed by atoms with Gasteiger partial charge in [0.15, 0.2) is 9.84 Å². The summed E-state index contributed by atoms with van der Waals surface area (Å²) in [6.45, 7) is 3.89. The van der Waals surface area contributed by atoms with Crippen LogP contribution in [-0.2, 0) is 14.6 Å². The molecule has 4 nitrogen and oxygen atoms in total. The zero-order valence-corrected chi connectivity index (χ0v) is 11.3. The first-order chi connectivity index (χ1) is 8.16. The predicted molar refractivity (Wildman–Crippen MR) is 67.9 cm³/mol. The Kier molecular flexibility index (Phi) is 4.44. The number of hydrogen-bond donors (Lipinski definition) is 1. The molecule has 0 amide bonds. The maximum Gasteiger partial charge on any atom is 0.159 e. The second-order valence-corrected chi connectivity index (χ2v) is 7.51. The van der Waals surface area contributed by atoms with Crippen molar-refractivity contribution in [1.29, 1.82) is 0 Å². The lowest BCUT2D eigenvalue weighted by Crippen LogP contribution is -2.52. The summed E-state index contributed by atoms with van der Waals surface area (Å²) in [5.41, 5.74) is 0. The number of hydrogen-bond acceptors (Lipinski definition) is 4. The Morgan fingerprint density at radius 2 is 1.94 bits per heavy atom. The number of sulfone groups is 1. The fraction of sp³-hybridized carbons (Fsp3) is 1.00. The molecule has 2 rings (SSSR count). The quantitative estimate of drug-likeness (QED) is 0.823. The van der Waals surface area contributed by atoms with Gasteiger partial charge in [-0.3, -0.25) is 0 Å². The SMILES string of the molecule is CCNC1CCOCC1S(=O)(=O)C1CCCC1. The van der Waals surface area contributed by atoms with Crippen molar-refractivity contribution < 1.29 is 13.2 Å². The Morgan fingerprint density at radius 1 is 1.24 bits per heavy atom. The van der Waals surface area contributed by atoms with Crippen molar-refractivity contribution in [2.24, 2.45) is 0 Å². The predicted octanol–water partition coefficient (Wildman–Crippen LogP) is 1.11. The topological polar surface area (TPSA) is 55.4 Å². The smallest absolute Gasteiger partial charge is 0.159 e. The lowest BCUT2D eigenvalue weighted by atomic mass is 10.1. The zero-order valence-electron chi connectivity index (χ0n) is 10.5. The van der Waals surface area contributed by atoms with Gasteiger partial charge in [0.25, 0.3) is 0 Å². The van der Waals surface area contributed by atoms with E-state index in [1.165, 1.54) is 0 Å². The van der Waals surface area contributed by atoms with Crippen LogP contribution in [0.4, 0.5) is 0 Å².